The van der Waals surface area contributed by atoms with Gasteiger partial charge in [0, 0.05) is 25.2 Å². The second kappa shape index (κ2) is 5.64. The van der Waals surface area contributed by atoms with E-state index in [9.17, 15) is 0 Å². The van der Waals surface area contributed by atoms with Crippen LogP contribution >= 0.6 is 0 Å². The van der Waals surface area contributed by atoms with Gasteiger partial charge in [0.15, 0.2) is 0 Å². The lowest BCUT2D eigenvalue weighted by molar-refractivity contribution is 0.161. The molecule has 1 aromatic carbocycles. The summed E-state index contributed by atoms with van der Waals surface area (Å²) < 4.78 is 0. The molecule has 3 rings (SSSR count). The van der Waals surface area contributed by atoms with Gasteiger partial charge in [-0.2, -0.15) is 0 Å². The number of hydrogen-bond acceptors (Lipinski definition) is 2. The second-order valence-corrected chi connectivity index (χ2v) is 6.56. The predicted octanol–water partition coefficient (Wildman–Crippen LogP) is 3.20. The normalized spacial score (nSPS) is 22.5. The van der Waals surface area contributed by atoms with Crippen LogP contribution in [-0.4, -0.2) is 24.0 Å². The Kier molecular flexibility index (Phi) is 3.90. The van der Waals surface area contributed by atoms with Crippen LogP contribution in [0, 0.1) is 11.8 Å². The van der Waals surface area contributed by atoms with Crippen molar-refractivity contribution in [3.8, 4) is 0 Å². The van der Waals surface area contributed by atoms with E-state index < -0.39 is 0 Å². The summed E-state index contributed by atoms with van der Waals surface area (Å²) in [6, 6.07) is 11.4. The fourth-order valence-electron chi connectivity index (χ4n) is 3.06. The van der Waals surface area contributed by atoms with E-state index in [1.54, 1.807) is 0 Å². The Hall–Kier alpha value is -0.860. The third-order valence-electron chi connectivity index (χ3n) is 4.41. The zero-order valence-electron chi connectivity index (χ0n) is 12.0. The molecule has 0 aliphatic heterocycles. The zero-order chi connectivity index (χ0) is 13.2. The molecule has 2 unspecified atom stereocenters. The lowest BCUT2D eigenvalue weighted by atomic mass is 9.98. The Bertz CT molecular complexity index is 379. The van der Waals surface area contributed by atoms with Gasteiger partial charge in [0.1, 0.15) is 0 Å². The molecule has 2 saturated carbocycles. The minimum absolute atomic E-state index is 0.194. The van der Waals surface area contributed by atoms with Crippen LogP contribution in [0.5, 0.6) is 0 Å². The summed E-state index contributed by atoms with van der Waals surface area (Å²) in [5.41, 5.74) is 7.71. The van der Waals surface area contributed by atoms with Gasteiger partial charge in [-0.15, -0.1) is 0 Å². The van der Waals surface area contributed by atoms with Crippen LogP contribution < -0.4 is 5.73 Å². The van der Waals surface area contributed by atoms with Crippen LogP contribution in [0.4, 0.5) is 0 Å². The molecule has 19 heavy (non-hydrogen) atoms. The SMILES string of the molecule is CC(N)C(c1ccccc1)N(CC1CC1)CC1CC1. The first-order valence-electron chi connectivity index (χ1n) is 7.78. The Balaban J connectivity index is 1.77. The highest BCUT2D eigenvalue weighted by Gasteiger charge is 2.34. The van der Waals surface area contributed by atoms with Gasteiger partial charge in [0.25, 0.3) is 0 Å². The maximum atomic E-state index is 6.32. The molecule has 2 atom stereocenters. The molecule has 2 nitrogen and oxygen atoms in total. The minimum Gasteiger partial charge on any atom is -0.326 e. The van der Waals surface area contributed by atoms with Crippen molar-refractivity contribution in [2.24, 2.45) is 17.6 Å². The molecule has 2 aliphatic carbocycles. The highest BCUT2D eigenvalue weighted by atomic mass is 15.2. The summed E-state index contributed by atoms with van der Waals surface area (Å²) in [6.45, 7) is 4.65. The van der Waals surface area contributed by atoms with Crippen molar-refractivity contribution in [3.05, 3.63) is 35.9 Å². The van der Waals surface area contributed by atoms with E-state index in [0.29, 0.717) is 6.04 Å². The van der Waals surface area contributed by atoms with Crippen LogP contribution in [0.15, 0.2) is 30.3 Å². The standard InChI is InChI=1S/C17H26N2/c1-13(18)17(16-5-3-2-4-6-16)19(11-14-7-8-14)12-15-9-10-15/h2-6,13-15,17H,7-12,18H2,1H3. The number of nitrogens with two attached hydrogens (primary N) is 1. The van der Waals surface area contributed by atoms with Crippen LogP contribution in [-0.2, 0) is 0 Å². The van der Waals surface area contributed by atoms with Crippen molar-refractivity contribution < 1.29 is 0 Å². The van der Waals surface area contributed by atoms with E-state index in [4.69, 9.17) is 5.73 Å². The Morgan fingerprint density at radius 1 is 1.05 bits per heavy atom. The van der Waals surface area contributed by atoms with Crippen LogP contribution in [0.25, 0.3) is 0 Å². The Morgan fingerprint density at radius 2 is 1.58 bits per heavy atom. The minimum atomic E-state index is 0.194. The van der Waals surface area contributed by atoms with Crippen molar-refractivity contribution in [1.82, 2.24) is 4.90 Å². The lowest BCUT2D eigenvalue weighted by Crippen LogP contribution is -2.41. The van der Waals surface area contributed by atoms with Crippen molar-refractivity contribution in [2.75, 3.05) is 13.1 Å². The summed E-state index contributed by atoms with van der Waals surface area (Å²) in [5.74, 6) is 1.87. The molecule has 0 heterocycles. The highest BCUT2D eigenvalue weighted by Crippen LogP contribution is 2.37. The zero-order valence-corrected chi connectivity index (χ0v) is 12.0. The van der Waals surface area contributed by atoms with Gasteiger partial charge >= 0.3 is 0 Å². The molecule has 2 heteroatoms. The maximum absolute atomic E-state index is 6.32. The maximum Gasteiger partial charge on any atom is 0.0496 e. The summed E-state index contributed by atoms with van der Waals surface area (Å²) in [4.78, 5) is 2.68. The monoisotopic (exact) mass is 258 g/mol. The molecule has 2 fully saturated rings. The molecule has 0 aromatic heterocycles. The van der Waals surface area contributed by atoms with Gasteiger partial charge in [-0.25, -0.2) is 0 Å². The summed E-state index contributed by atoms with van der Waals surface area (Å²) in [5, 5.41) is 0. The molecule has 0 spiro atoms. The lowest BCUT2D eigenvalue weighted by Gasteiger charge is -2.35. The average Bonchev–Trinajstić information content (AvgIpc) is 3.26. The third-order valence-corrected chi connectivity index (χ3v) is 4.41. The highest BCUT2D eigenvalue weighted by molar-refractivity contribution is 5.20. The summed E-state index contributed by atoms with van der Waals surface area (Å²) in [7, 11) is 0. The molecule has 0 radical (unpaired) electrons. The van der Waals surface area contributed by atoms with Crippen molar-refractivity contribution in [2.45, 2.75) is 44.7 Å². The van der Waals surface area contributed by atoms with E-state index in [0.717, 1.165) is 11.8 Å². The van der Waals surface area contributed by atoms with Crippen molar-refractivity contribution in [3.63, 3.8) is 0 Å². The smallest absolute Gasteiger partial charge is 0.0496 e. The third kappa shape index (κ3) is 3.58. The second-order valence-electron chi connectivity index (χ2n) is 6.56. The Labute approximate surface area is 117 Å². The number of benzene rings is 1. The molecule has 104 valence electrons. The molecular formula is C17H26N2. The molecule has 1 aromatic rings. The molecule has 2 aliphatic rings. The number of nitrogens with zero attached hydrogens (tertiary/aromatic N) is 1. The van der Waals surface area contributed by atoms with Crippen molar-refractivity contribution in [1.29, 1.82) is 0 Å². The molecular weight excluding hydrogens is 232 g/mol. The molecule has 0 amide bonds. The number of hydrogen-bond donors (Lipinski definition) is 1. The average molecular weight is 258 g/mol. The van der Waals surface area contributed by atoms with E-state index in [1.165, 1.54) is 44.3 Å². The number of rotatable bonds is 7. The van der Waals surface area contributed by atoms with Gasteiger partial charge in [0.05, 0.1) is 0 Å². The largest absolute Gasteiger partial charge is 0.326 e. The van der Waals surface area contributed by atoms with Gasteiger partial charge in [-0.1, -0.05) is 30.3 Å². The first-order valence-corrected chi connectivity index (χ1v) is 7.78. The van der Waals surface area contributed by atoms with Gasteiger partial charge in [-0.3, -0.25) is 4.90 Å². The predicted molar refractivity (Wildman–Crippen MR) is 79.9 cm³/mol. The first kappa shape index (κ1) is 13.1. The fraction of sp³-hybridized carbons (Fsp3) is 0.647. The molecule has 0 saturated heterocycles. The van der Waals surface area contributed by atoms with Gasteiger partial charge < -0.3 is 5.73 Å². The van der Waals surface area contributed by atoms with Crippen LogP contribution in [0.3, 0.4) is 0 Å². The van der Waals surface area contributed by atoms with E-state index in [-0.39, 0.29) is 6.04 Å². The Morgan fingerprint density at radius 3 is 2.00 bits per heavy atom. The van der Waals surface area contributed by atoms with E-state index >= 15 is 0 Å². The first-order chi connectivity index (χ1) is 9.24. The topological polar surface area (TPSA) is 29.3 Å². The van der Waals surface area contributed by atoms with Gasteiger partial charge in [-0.05, 0) is 50.0 Å². The molecule has 2 N–H and O–H groups in total. The van der Waals surface area contributed by atoms with Gasteiger partial charge in [0.2, 0.25) is 0 Å². The van der Waals surface area contributed by atoms with E-state index in [2.05, 4.69) is 42.2 Å². The van der Waals surface area contributed by atoms with Crippen LogP contribution in [0.1, 0.15) is 44.2 Å². The molecule has 0 bridgehead atoms. The quantitative estimate of drug-likeness (QED) is 0.814. The summed E-state index contributed by atoms with van der Waals surface area (Å²) >= 11 is 0. The fourth-order valence-corrected chi connectivity index (χ4v) is 3.06. The van der Waals surface area contributed by atoms with E-state index in [1.807, 2.05) is 0 Å². The van der Waals surface area contributed by atoms with Crippen LogP contribution in [0.2, 0.25) is 0 Å². The summed E-state index contributed by atoms with van der Waals surface area (Å²) in [6.07, 6.45) is 5.67. The van der Waals surface area contributed by atoms with Crippen molar-refractivity contribution >= 4 is 0 Å².